The number of halogens is 1. The van der Waals surface area contributed by atoms with Crippen LogP contribution in [0.5, 0.6) is 0 Å². The van der Waals surface area contributed by atoms with Gasteiger partial charge >= 0.3 is 0 Å². The Hall–Kier alpha value is -0.770. The average Bonchev–Trinajstić information content (AvgIpc) is 2.51. The zero-order valence-corrected chi connectivity index (χ0v) is 13.2. The number of piperazine rings is 3. The Morgan fingerprint density at radius 1 is 1.05 bits per heavy atom. The fourth-order valence-corrected chi connectivity index (χ4v) is 3.51. The lowest BCUT2D eigenvalue weighted by Gasteiger charge is -2.51. The van der Waals surface area contributed by atoms with Crippen molar-refractivity contribution in [1.82, 2.24) is 4.90 Å². The van der Waals surface area contributed by atoms with Gasteiger partial charge in [-0.2, -0.15) is 0 Å². The van der Waals surface area contributed by atoms with Gasteiger partial charge in [-0.3, -0.25) is 4.90 Å². The molecule has 3 aliphatic heterocycles. The molecule has 0 aromatic heterocycles. The molecule has 3 fully saturated rings. The summed E-state index contributed by atoms with van der Waals surface area (Å²) in [5.74, 6) is 0. The maximum absolute atomic E-state index is 2.62. The van der Waals surface area contributed by atoms with Crippen LogP contribution in [0.15, 0.2) is 30.3 Å². The summed E-state index contributed by atoms with van der Waals surface area (Å²) in [6.07, 6.45) is 0. The Bertz CT molecular complexity index is 388. The Balaban J connectivity index is 0.00000147. The minimum absolute atomic E-state index is 0. The van der Waals surface area contributed by atoms with Gasteiger partial charge in [-0.05, 0) is 19.1 Å². The maximum atomic E-state index is 2.62. The molecule has 0 spiro atoms. The lowest BCUT2D eigenvalue weighted by Crippen LogP contribution is -3.00. The van der Waals surface area contributed by atoms with Crippen LogP contribution in [0.2, 0.25) is 0 Å². The number of quaternary nitrogens is 1. The number of anilines is 1. The molecule has 0 amide bonds. The van der Waals surface area contributed by atoms with Crippen LogP contribution in [0.1, 0.15) is 6.92 Å². The minimum atomic E-state index is 0. The van der Waals surface area contributed by atoms with Crippen molar-refractivity contribution >= 4 is 5.69 Å². The zero-order chi connectivity index (χ0) is 13.1. The molecule has 3 saturated heterocycles. The van der Waals surface area contributed by atoms with E-state index in [0.717, 1.165) is 6.54 Å². The highest BCUT2D eigenvalue weighted by molar-refractivity contribution is 5.45. The highest BCUT2D eigenvalue weighted by atomic mass is 35.5. The lowest BCUT2D eigenvalue weighted by atomic mass is 10.1. The molecule has 1 aromatic carbocycles. The second-order valence-electron chi connectivity index (χ2n) is 5.99. The first-order chi connectivity index (χ1) is 9.31. The molecule has 1 aromatic rings. The highest BCUT2D eigenvalue weighted by Gasteiger charge is 2.38. The smallest absolute Gasteiger partial charge is 0.0965 e. The molecule has 0 radical (unpaired) electrons. The first-order valence-corrected chi connectivity index (χ1v) is 7.69. The molecule has 3 aliphatic rings. The quantitative estimate of drug-likeness (QED) is 0.621. The van der Waals surface area contributed by atoms with Gasteiger partial charge in [-0.1, -0.05) is 18.2 Å². The molecule has 2 bridgehead atoms. The molecule has 0 atom stereocenters. The van der Waals surface area contributed by atoms with Crippen molar-refractivity contribution in [2.75, 3.05) is 63.8 Å². The van der Waals surface area contributed by atoms with Crippen LogP contribution in [-0.2, 0) is 0 Å². The van der Waals surface area contributed by atoms with Gasteiger partial charge in [-0.25, -0.2) is 0 Å². The maximum Gasteiger partial charge on any atom is 0.0965 e. The van der Waals surface area contributed by atoms with Crippen LogP contribution in [-0.4, -0.2) is 68.3 Å². The summed E-state index contributed by atoms with van der Waals surface area (Å²) in [7, 11) is 0. The van der Waals surface area contributed by atoms with Crippen molar-refractivity contribution in [2.24, 2.45) is 0 Å². The van der Waals surface area contributed by atoms with Crippen LogP contribution in [0, 0.1) is 0 Å². The van der Waals surface area contributed by atoms with E-state index in [9.17, 15) is 0 Å². The van der Waals surface area contributed by atoms with Gasteiger partial charge < -0.3 is 21.8 Å². The Morgan fingerprint density at radius 2 is 1.65 bits per heavy atom. The Kier molecular flexibility index (Phi) is 5.30. The summed E-state index contributed by atoms with van der Waals surface area (Å²) in [6, 6.07) is 10.9. The fourth-order valence-electron chi connectivity index (χ4n) is 3.51. The fraction of sp³-hybridized carbons (Fsp3) is 0.625. The average molecular weight is 296 g/mol. The molecule has 3 nitrogen and oxygen atoms in total. The van der Waals surface area contributed by atoms with Crippen LogP contribution in [0.4, 0.5) is 5.69 Å². The summed E-state index contributed by atoms with van der Waals surface area (Å²) in [5, 5.41) is 0. The Labute approximate surface area is 129 Å². The van der Waals surface area contributed by atoms with Gasteiger partial charge in [-0.15, -0.1) is 0 Å². The van der Waals surface area contributed by atoms with E-state index >= 15 is 0 Å². The van der Waals surface area contributed by atoms with Crippen molar-refractivity contribution in [3.05, 3.63) is 30.3 Å². The van der Waals surface area contributed by atoms with Crippen LogP contribution in [0.3, 0.4) is 0 Å². The molecular formula is C16H26ClN3. The lowest BCUT2D eigenvalue weighted by molar-refractivity contribution is -0.939. The van der Waals surface area contributed by atoms with E-state index in [0.29, 0.717) is 0 Å². The predicted octanol–water partition coefficient (Wildman–Crippen LogP) is -1.34. The second-order valence-corrected chi connectivity index (χ2v) is 5.99. The van der Waals surface area contributed by atoms with Crippen LogP contribution < -0.4 is 17.3 Å². The molecule has 3 heterocycles. The number of fused-ring (bicyclic) bond motifs is 3. The number of nitrogens with zero attached hydrogens (tertiary/aromatic N) is 3. The SMILES string of the molecule is CCN(CC[N+]12CCN(CC1)CC2)c1ccccc1.[Cl-]. The predicted molar refractivity (Wildman–Crippen MR) is 80.5 cm³/mol. The van der Waals surface area contributed by atoms with Gasteiger partial charge in [0, 0.05) is 31.9 Å². The number of para-hydroxylation sites is 1. The van der Waals surface area contributed by atoms with E-state index in [1.807, 2.05) is 0 Å². The van der Waals surface area contributed by atoms with Crippen molar-refractivity contribution in [3.63, 3.8) is 0 Å². The minimum Gasteiger partial charge on any atom is -1.00 e. The van der Waals surface area contributed by atoms with E-state index in [4.69, 9.17) is 0 Å². The third kappa shape index (κ3) is 3.27. The standard InChI is InChI=1S/C16H26N3.ClH/c1-2-18(16-6-4-3-5-7-16)11-15-19-12-8-17(9-13-19)10-14-19;/h3-7H,2,8-15H2,1H3;1H/q+1;/p-1. The number of rotatable bonds is 5. The van der Waals surface area contributed by atoms with Gasteiger partial charge in [0.25, 0.3) is 0 Å². The topological polar surface area (TPSA) is 6.48 Å². The van der Waals surface area contributed by atoms with E-state index < -0.39 is 0 Å². The van der Waals surface area contributed by atoms with Gasteiger partial charge in [0.2, 0.25) is 0 Å². The summed E-state index contributed by atoms with van der Waals surface area (Å²) < 4.78 is 1.36. The molecule has 20 heavy (non-hydrogen) atoms. The second kappa shape index (κ2) is 6.79. The molecule has 0 unspecified atom stereocenters. The molecule has 0 aliphatic carbocycles. The van der Waals surface area contributed by atoms with Crippen LogP contribution in [0.25, 0.3) is 0 Å². The van der Waals surface area contributed by atoms with Gasteiger partial charge in [0.1, 0.15) is 0 Å². The normalized spacial score (nSPS) is 27.9. The summed E-state index contributed by atoms with van der Waals surface area (Å²) in [4.78, 5) is 5.14. The Morgan fingerprint density at radius 3 is 2.20 bits per heavy atom. The summed E-state index contributed by atoms with van der Waals surface area (Å²) >= 11 is 0. The van der Waals surface area contributed by atoms with Crippen molar-refractivity contribution < 1.29 is 16.9 Å². The number of benzene rings is 1. The van der Waals surface area contributed by atoms with Crippen molar-refractivity contribution in [1.29, 1.82) is 0 Å². The van der Waals surface area contributed by atoms with E-state index in [1.54, 1.807) is 0 Å². The molecule has 4 heteroatoms. The molecule has 4 rings (SSSR count). The number of likely N-dealkylation sites (N-methyl/N-ethyl adjacent to an activating group) is 1. The van der Waals surface area contributed by atoms with Crippen LogP contribution >= 0.6 is 0 Å². The summed E-state index contributed by atoms with van der Waals surface area (Å²) in [6.45, 7) is 13.9. The highest BCUT2D eigenvalue weighted by Crippen LogP contribution is 2.20. The largest absolute Gasteiger partial charge is 1.00 e. The third-order valence-corrected chi connectivity index (χ3v) is 5.02. The van der Waals surface area contributed by atoms with E-state index in [2.05, 4.69) is 47.1 Å². The monoisotopic (exact) mass is 295 g/mol. The van der Waals surface area contributed by atoms with Gasteiger partial charge in [0.05, 0.1) is 32.7 Å². The molecule has 0 N–H and O–H groups in total. The molecule has 112 valence electrons. The van der Waals surface area contributed by atoms with Crippen molar-refractivity contribution in [3.8, 4) is 0 Å². The zero-order valence-electron chi connectivity index (χ0n) is 12.5. The number of hydrogen-bond acceptors (Lipinski definition) is 2. The van der Waals surface area contributed by atoms with Crippen molar-refractivity contribution in [2.45, 2.75) is 6.92 Å². The molecule has 0 saturated carbocycles. The summed E-state index contributed by atoms with van der Waals surface area (Å²) in [5.41, 5.74) is 1.37. The first kappa shape index (κ1) is 15.6. The molecular weight excluding hydrogens is 270 g/mol. The first-order valence-electron chi connectivity index (χ1n) is 7.69. The number of hydrogen-bond donors (Lipinski definition) is 0. The van der Waals surface area contributed by atoms with Gasteiger partial charge in [0.15, 0.2) is 0 Å². The van der Waals surface area contributed by atoms with E-state index in [1.165, 1.54) is 62.5 Å². The third-order valence-electron chi connectivity index (χ3n) is 5.02. The van der Waals surface area contributed by atoms with E-state index in [-0.39, 0.29) is 12.4 Å².